The molecule has 0 fully saturated rings. The van der Waals surface area contributed by atoms with Gasteiger partial charge in [-0.15, -0.1) is 0 Å². The molecule has 1 heterocycles. The molecule has 1 aromatic rings. The summed E-state index contributed by atoms with van der Waals surface area (Å²) in [6, 6.07) is 7.07. The second kappa shape index (κ2) is 6.41. The van der Waals surface area contributed by atoms with Crippen molar-refractivity contribution in [3.8, 4) is 0 Å². The third-order valence-corrected chi connectivity index (χ3v) is 3.41. The number of urea groups is 1. The number of benzene rings is 1. The average Bonchev–Trinajstić information content (AvgIpc) is 2.88. The molecule has 0 spiro atoms. The van der Waals surface area contributed by atoms with E-state index in [-0.39, 0.29) is 11.9 Å². The largest absolute Gasteiger partial charge is 0.338 e. The smallest absolute Gasteiger partial charge is 0.315 e. The Morgan fingerprint density at radius 1 is 1.35 bits per heavy atom. The van der Waals surface area contributed by atoms with Crippen molar-refractivity contribution >= 4 is 17.6 Å². The molecule has 3 amide bonds. The fourth-order valence-corrected chi connectivity index (χ4v) is 2.35. The van der Waals surface area contributed by atoms with Crippen LogP contribution < -0.4 is 15.5 Å². The predicted molar refractivity (Wildman–Crippen MR) is 78.8 cm³/mol. The summed E-state index contributed by atoms with van der Waals surface area (Å²) in [7, 11) is 0. The van der Waals surface area contributed by atoms with Gasteiger partial charge in [-0.3, -0.25) is 4.79 Å². The summed E-state index contributed by atoms with van der Waals surface area (Å²) in [5.74, 6) is -0.0680. The van der Waals surface area contributed by atoms with E-state index < -0.39 is 6.04 Å². The van der Waals surface area contributed by atoms with Crippen LogP contribution in [0.4, 0.5) is 10.5 Å². The van der Waals surface area contributed by atoms with Crippen molar-refractivity contribution in [1.29, 1.82) is 0 Å². The lowest BCUT2D eigenvalue weighted by atomic mass is 10.2. The lowest BCUT2D eigenvalue weighted by molar-refractivity contribution is -0.119. The van der Waals surface area contributed by atoms with Crippen LogP contribution in [0, 0.1) is 0 Å². The van der Waals surface area contributed by atoms with Gasteiger partial charge in [0.25, 0.3) is 0 Å². The van der Waals surface area contributed by atoms with Crippen LogP contribution in [0.25, 0.3) is 0 Å². The number of fused-ring (bicyclic) bond motifs is 1. The van der Waals surface area contributed by atoms with E-state index in [0.717, 1.165) is 18.5 Å². The maximum Gasteiger partial charge on any atom is 0.315 e. The zero-order valence-corrected chi connectivity index (χ0v) is 12.0. The minimum absolute atomic E-state index is 0.0680. The van der Waals surface area contributed by atoms with Gasteiger partial charge >= 0.3 is 6.03 Å². The minimum Gasteiger partial charge on any atom is -0.338 e. The Morgan fingerprint density at radius 2 is 2.10 bits per heavy atom. The first kappa shape index (κ1) is 14.4. The number of nitrogens with zero attached hydrogens (tertiary/aromatic N) is 1. The molecule has 0 bridgehead atoms. The van der Waals surface area contributed by atoms with Crippen LogP contribution in [0.3, 0.4) is 0 Å². The molecular weight excluding hydrogens is 254 g/mol. The van der Waals surface area contributed by atoms with Gasteiger partial charge in [-0.1, -0.05) is 25.1 Å². The Balaban J connectivity index is 1.96. The molecule has 1 atom stereocenters. The van der Waals surface area contributed by atoms with Crippen molar-refractivity contribution in [3.05, 3.63) is 29.8 Å². The van der Waals surface area contributed by atoms with Crippen molar-refractivity contribution in [3.63, 3.8) is 0 Å². The number of hydrogen-bond acceptors (Lipinski definition) is 2. The topological polar surface area (TPSA) is 61.4 Å². The normalized spacial score (nSPS) is 14.6. The molecular formula is C15H21N3O2. The maximum absolute atomic E-state index is 12.4. The Kier molecular flexibility index (Phi) is 4.61. The van der Waals surface area contributed by atoms with Crippen LogP contribution in [0.1, 0.15) is 25.8 Å². The maximum atomic E-state index is 12.4. The minimum atomic E-state index is -0.530. The first-order valence-corrected chi connectivity index (χ1v) is 7.07. The lowest BCUT2D eigenvalue weighted by Crippen LogP contribution is -2.49. The monoisotopic (exact) mass is 275 g/mol. The van der Waals surface area contributed by atoms with E-state index >= 15 is 0 Å². The quantitative estimate of drug-likeness (QED) is 0.878. The molecule has 0 aliphatic carbocycles. The first-order valence-electron chi connectivity index (χ1n) is 7.07. The standard InChI is InChI=1S/C15H21N3O2/c1-3-9-16-15(20)17-11(2)14(19)18-10-8-12-6-4-5-7-13(12)18/h4-7,11H,3,8-10H2,1-2H3,(H2,16,17,20)/t11-/m0/s1. The van der Waals surface area contributed by atoms with Crippen LogP contribution in [0.5, 0.6) is 0 Å². The highest BCUT2D eigenvalue weighted by molar-refractivity contribution is 6.00. The van der Waals surface area contributed by atoms with E-state index in [2.05, 4.69) is 10.6 Å². The molecule has 5 nitrogen and oxygen atoms in total. The van der Waals surface area contributed by atoms with Gasteiger partial charge in [0, 0.05) is 18.8 Å². The Bertz CT molecular complexity index is 502. The second-order valence-electron chi connectivity index (χ2n) is 4.99. The highest BCUT2D eigenvalue weighted by Crippen LogP contribution is 2.27. The van der Waals surface area contributed by atoms with Gasteiger partial charge in [0.2, 0.25) is 5.91 Å². The number of amides is 3. The molecule has 2 N–H and O–H groups in total. The van der Waals surface area contributed by atoms with Crippen LogP contribution in [0.15, 0.2) is 24.3 Å². The van der Waals surface area contributed by atoms with Crippen LogP contribution >= 0.6 is 0 Å². The number of hydrogen-bond donors (Lipinski definition) is 2. The first-order chi connectivity index (χ1) is 9.63. The van der Waals surface area contributed by atoms with Crippen molar-refractivity contribution in [1.82, 2.24) is 10.6 Å². The number of nitrogens with one attached hydrogen (secondary N) is 2. The molecule has 0 radical (unpaired) electrons. The van der Waals surface area contributed by atoms with E-state index in [9.17, 15) is 9.59 Å². The van der Waals surface area contributed by atoms with Gasteiger partial charge in [-0.25, -0.2) is 4.79 Å². The van der Waals surface area contributed by atoms with Crippen LogP contribution in [-0.2, 0) is 11.2 Å². The third kappa shape index (κ3) is 3.10. The van der Waals surface area contributed by atoms with Crippen molar-refractivity contribution in [2.75, 3.05) is 18.0 Å². The van der Waals surface area contributed by atoms with E-state index in [4.69, 9.17) is 0 Å². The van der Waals surface area contributed by atoms with Gasteiger partial charge in [-0.2, -0.15) is 0 Å². The molecule has 108 valence electrons. The number of carbonyl (C=O) groups excluding carboxylic acids is 2. The SMILES string of the molecule is CCCNC(=O)N[C@@H](C)C(=O)N1CCc2ccccc21. The molecule has 1 aliphatic rings. The van der Waals surface area contributed by atoms with Crippen molar-refractivity contribution in [2.24, 2.45) is 0 Å². The summed E-state index contributed by atoms with van der Waals surface area (Å²) in [6.07, 6.45) is 1.74. The second-order valence-corrected chi connectivity index (χ2v) is 4.99. The van der Waals surface area contributed by atoms with Crippen molar-refractivity contribution < 1.29 is 9.59 Å². The zero-order chi connectivity index (χ0) is 14.5. The van der Waals surface area contributed by atoms with Gasteiger partial charge in [0.1, 0.15) is 6.04 Å². The fourth-order valence-electron chi connectivity index (χ4n) is 2.35. The van der Waals surface area contributed by atoms with Crippen LogP contribution in [-0.4, -0.2) is 31.1 Å². The average molecular weight is 275 g/mol. The van der Waals surface area contributed by atoms with Crippen molar-refractivity contribution in [2.45, 2.75) is 32.7 Å². The number of anilines is 1. The molecule has 0 saturated carbocycles. The van der Waals surface area contributed by atoms with Gasteiger partial charge in [0.05, 0.1) is 0 Å². The van der Waals surface area contributed by atoms with E-state index in [1.165, 1.54) is 5.56 Å². The molecule has 2 rings (SSSR count). The molecule has 5 heteroatoms. The summed E-state index contributed by atoms with van der Waals surface area (Å²) in [5.41, 5.74) is 2.14. The summed E-state index contributed by atoms with van der Waals surface area (Å²) >= 11 is 0. The van der Waals surface area contributed by atoms with Crippen LogP contribution in [0.2, 0.25) is 0 Å². The van der Waals surface area contributed by atoms with E-state index in [1.807, 2.05) is 31.2 Å². The zero-order valence-electron chi connectivity index (χ0n) is 12.0. The molecule has 0 saturated heterocycles. The van der Waals surface area contributed by atoms with Gasteiger partial charge in [0.15, 0.2) is 0 Å². The van der Waals surface area contributed by atoms with Gasteiger partial charge in [-0.05, 0) is 31.4 Å². The molecule has 0 aromatic heterocycles. The number of carbonyl (C=O) groups is 2. The Labute approximate surface area is 119 Å². The fraction of sp³-hybridized carbons (Fsp3) is 0.467. The van der Waals surface area contributed by atoms with E-state index in [0.29, 0.717) is 13.1 Å². The predicted octanol–water partition coefficient (Wildman–Crippen LogP) is 1.67. The Hall–Kier alpha value is -2.04. The number of para-hydroxylation sites is 1. The summed E-state index contributed by atoms with van der Waals surface area (Å²) in [6.45, 7) is 4.99. The lowest BCUT2D eigenvalue weighted by Gasteiger charge is -2.22. The summed E-state index contributed by atoms with van der Waals surface area (Å²) < 4.78 is 0. The molecule has 1 aliphatic heterocycles. The van der Waals surface area contributed by atoms with Gasteiger partial charge < -0.3 is 15.5 Å². The molecule has 1 aromatic carbocycles. The highest BCUT2D eigenvalue weighted by Gasteiger charge is 2.28. The highest BCUT2D eigenvalue weighted by atomic mass is 16.2. The van der Waals surface area contributed by atoms with E-state index in [1.54, 1.807) is 11.8 Å². The Morgan fingerprint density at radius 3 is 2.85 bits per heavy atom. The molecule has 20 heavy (non-hydrogen) atoms. The summed E-state index contributed by atoms with van der Waals surface area (Å²) in [4.78, 5) is 25.7. The number of rotatable bonds is 4. The summed E-state index contributed by atoms with van der Waals surface area (Å²) in [5, 5.41) is 5.39. The molecule has 0 unspecified atom stereocenters. The third-order valence-electron chi connectivity index (χ3n) is 3.41.